The smallest absolute Gasteiger partial charge is 0.222 e. The molecule has 0 radical (unpaired) electrons. The van der Waals surface area contributed by atoms with Crippen molar-refractivity contribution in [2.75, 3.05) is 13.1 Å². The third-order valence-corrected chi connectivity index (χ3v) is 2.91. The fraction of sp³-hybridized carbons (Fsp3) is 0.417. The average molecular weight is 233 g/mol. The van der Waals surface area contributed by atoms with Gasteiger partial charge in [-0.1, -0.05) is 5.16 Å². The van der Waals surface area contributed by atoms with Gasteiger partial charge in [0.15, 0.2) is 0 Å². The van der Waals surface area contributed by atoms with Crippen molar-refractivity contribution < 1.29 is 10.0 Å². The molecule has 0 saturated carbocycles. The van der Waals surface area contributed by atoms with Crippen LogP contribution in [-0.2, 0) is 4.79 Å². The van der Waals surface area contributed by atoms with E-state index in [4.69, 9.17) is 5.21 Å². The molecule has 0 aromatic carbocycles. The lowest BCUT2D eigenvalue weighted by Gasteiger charge is -2.15. The molecule has 0 unspecified atom stereocenters. The minimum absolute atomic E-state index is 0.188. The minimum atomic E-state index is 0.188. The number of aromatic nitrogens is 1. The summed E-state index contributed by atoms with van der Waals surface area (Å²) >= 11 is 0. The number of rotatable bonds is 4. The first-order chi connectivity index (χ1) is 8.31. The quantitative estimate of drug-likeness (QED) is 0.484. The molecule has 0 atom stereocenters. The van der Waals surface area contributed by atoms with Crippen molar-refractivity contribution in [3.05, 3.63) is 30.1 Å². The molecule has 1 aromatic heterocycles. The van der Waals surface area contributed by atoms with Crippen LogP contribution in [0.5, 0.6) is 0 Å². The number of carbonyl (C=O) groups excluding carboxylic acids is 1. The Balaban J connectivity index is 1.95. The van der Waals surface area contributed by atoms with Crippen molar-refractivity contribution in [3.8, 4) is 0 Å². The fourth-order valence-electron chi connectivity index (χ4n) is 1.97. The third kappa shape index (κ3) is 2.81. The van der Waals surface area contributed by atoms with Crippen LogP contribution in [-0.4, -0.2) is 39.8 Å². The van der Waals surface area contributed by atoms with E-state index in [0.717, 1.165) is 18.5 Å². The Kier molecular flexibility index (Phi) is 3.69. The van der Waals surface area contributed by atoms with Crippen LogP contribution in [0.3, 0.4) is 0 Å². The van der Waals surface area contributed by atoms with Gasteiger partial charge in [0.25, 0.3) is 0 Å². The summed E-state index contributed by atoms with van der Waals surface area (Å²) in [6, 6.07) is 3.63. The molecule has 1 aliphatic rings. The molecular formula is C12H15N3O2. The fourth-order valence-corrected chi connectivity index (χ4v) is 1.97. The maximum atomic E-state index is 11.4. The summed E-state index contributed by atoms with van der Waals surface area (Å²) in [4.78, 5) is 17.2. The summed E-state index contributed by atoms with van der Waals surface area (Å²) in [5, 5.41) is 12.3. The van der Waals surface area contributed by atoms with Crippen molar-refractivity contribution >= 4 is 11.6 Å². The Morgan fingerprint density at radius 3 is 3.06 bits per heavy atom. The highest BCUT2D eigenvalue weighted by molar-refractivity contribution is 6.00. The molecule has 1 aromatic rings. The van der Waals surface area contributed by atoms with Gasteiger partial charge in [-0.05, 0) is 18.6 Å². The highest BCUT2D eigenvalue weighted by atomic mass is 16.4. The molecule has 1 N–H and O–H groups in total. The number of amides is 1. The van der Waals surface area contributed by atoms with E-state index in [0.29, 0.717) is 25.1 Å². The molecule has 0 spiro atoms. The van der Waals surface area contributed by atoms with E-state index in [-0.39, 0.29) is 5.91 Å². The van der Waals surface area contributed by atoms with Crippen molar-refractivity contribution in [2.24, 2.45) is 5.16 Å². The first-order valence-electron chi connectivity index (χ1n) is 5.70. The number of oxime groups is 1. The maximum absolute atomic E-state index is 11.4. The van der Waals surface area contributed by atoms with Crippen molar-refractivity contribution in [2.45, 2.75) is 19.3 Å². The molecule has 0 aliphatic carbocycles. The third-order valence-electron chi connectivity index (χ3n) is 2.91. The highest BCUT2D eigenvalue weighted by Gasteiger charge is 2.20. The Morgan fingerprint density at radius 2 is 2.47 bits per heavy atom. The molecule has 1 aliphatic heterocycles. The first kappa shape index (κ1) is 11.6. The zero-order valence-electron chi connectivity index (χ0n) is 9.54. The molecule has 2 rings (SSSR count). The predicted octanol–water partition coefficient (Wildman–Crippen LogP) is 1.27. The summed E-state index contributed by atoms with van der Waals surface area (Å²) in [6.45, 7) is 1.41. The zero-order valence-corrected chi connectivity index (χ0v) is 9.54. The van der Waals surface area contributed by atoms with Crippen LogP contribution < -0.4 is 0 Å². The Labute approximate surface area is 99.8 Å². The Bertz CT molecular complexity index is 417. The summed E-state index contributed by atoms with van der Waals surface area (Å²) in [5.41, 5.74) is 1.36. The van der Waals surface area contributed by atoms with E-state index >= 15 is 0 Å². The Hall–Kier alpha value is -1.91. The second-order valence-corrected chi connectivity index (χ2v) is 4.02. The Morgan fingerprint density at radius 1 is 1.59 bits per heavy atom. The van der Waals surface area contributed by atoms with Crippen LogP contribution in [0.25, 0.3) is 0 Å². The number of pyridine rings is 1. The van der Waals surface area contributed by atoms with E-state index in [1.54, 1.807) is 18.5 Å². The predicted molar refractivity (Wildman–Crippen MR) is 63.0 cm³/mol. The molecule has 0 bridgehead atoms. The van der Waals surface area contributed by atoms with E-state index in [9.17, 15) is 4.79 Å². The van der Waals surface area contributed by atoms with Crippen LogP contribution in [0.15, 0.2) is 29.7 Å². The summed E-state index contributed by atoms with van der Waals surface area (Å²) in [6.07, 6.45) is 5.44. The number of nitrogens with zero attached hydrogens (tertiary/aromatic N) is 3. The van der Waals surface area contributed by atoms with Gasteiger partial charge < -0.3 is 10.1 Å². The monoisotopic (exact) mass is 233 g/mol. The normalized spacial score (nSPS) is 16.6. The summed E-state index contributed by atoms with van der Waals surface area (Å²) in [5.74, 6) is 0.188. The van der Waals surface area contributed by atoms with Gasteiger partial charge in [-0.15, -0.1) is 0 Å². The second-order valence-electron chi connectivity index (χ2n) is 4.02. The summed E-state index contributed by atoms with van der Waals surface area (Å²) in [7, 11) is 0. The molecule has 1 amide bonds. The van der Waals surface area contributed by atoms with Gasteiger partial charge in [-0.2, -0.15) is 0 Å². The maximum Gasteiger partial charge on any atom is 0.222 e. The largest absolute Gasteiger partial charge is 0.411 e. The number of hydrogen-bond donors (Lipinski definition) is 1. The number of hydrogen-bond acceptors (Lipinski definition) is 4. The van der Waals surface area contributed by atoms with E-state index in [1.165, 1.54) is 0 Å². The van der Waals surface area contributed by atoms with E-state index in [2.05, 4.69) is 10.1 Å². The molecule has 17 heavy (non-hydrogen) atoms. The summed E-state index contributed by atoms with van der Waals surface area (Å²) < 4.78 is 0. The standard InChI is InChI=1S/C12H15N3O2/c16-12-4-2-7-15(12)8-5-11(14-17)10-3-1-6-13-9-10/h1,3,6,9,17H,2,4-5,7-8H2/b14-11-. The molecule has 5 nitrogen and oxygen atoms in total. The molecule has 90 valence electrons. The van der Waals surface area contributed by atoms with Gasteiger partial charge >= 0.3 is 0 Å². The van der Waals surface area contributed by atoms with Crippen LogP contribution in [0.1, 0.15) is 24.8 Å². The van der Waals surface area contributed by atoms with Crippen LogP contribution in [0.2, 0.25) is 0 Å². The molecule has 5 heteroatoms. The minimum Gasteiger partial charge on any atom is -0.411 e. The topological polar surface area (TPSA) is 65.8 Å². The van der Waals surface area contributed by atoms with E-state index < -0.39 is 0 Å². The van der Waals surface area contributed by atoms with Crippen LogP contribution >= 0.6 is 0 Å². The molecule has 2 heterocycles. The van der Waals surface area contributed by atoms with Crippen molar-refractivity contribution in [1.82, 2.24) is 9.88 Å². The van der Waals surface area contributed by atoms with Gasteiger partial charge in [0.05, 0.1) is 5.71 Å². The molecule has 1 fully saturated rings. The second kappa shape index (κ2) is 5.43. The van der Waals surface area contributed by atoms with Gasteiger partial charge in [-0.25, -0.2) is 0 Å². The SMILES string of the molecule is O=C1CCCN1CC/C(=N/O)c1cccnc1. The van der Waals surface area contributed by atoms with Gasteiger partial charge in [0.1, 0.15) is 0 Å². The van der Waals surface area contributed by atoms with E-state index in [1.807, 2.05) is 11.0 Å². The van der Waals surface area contributed by atoms with Crippen molar-refractivity contribution in [1.29, 1.82) is 0 Å². The number of carbonyl (C=O) groups is 1. The average Bonchev–Trinajstić information content (AvgIpc) is 2.77. The van der Waals surface area contributed by atoms with Crippen LogP contribution in [0, 0.1) is 0 Å². The highest BCUT2D eigenvalue weighted by Crippen LogP contribution is 2.11. The van der Waals surface area contributed by atoms with Gasteiger partial charge in [0, 0.05) is 43.9 Å². The number of likely N-dealkylation sites (tertiary alicyclic amines) is 1. The van der Waals surface area contributed by atoms with Gasteiger partial charge in [-0.3, -0.25) is 9.78 Å². The lowest BCUT2D eigenvalue weighted by Crippen LogP contribution is -2.27. The van der Waals surface area contributed by atoms with Gasteiger partial charge in [0.2, 0.25) is 5.91 Å². The molecular weight excluding hydrogens is 218 g/mol. The van der Waals surface area contributed by atoms with Crippen LogP contribution in [0.4, 0.5) is 0 Å². The molecule has 1 saturated heterocycles. The lowest BCUT2D eigenvalue weighted by molar-refractivity contribution is -0.127. The zero-order chi connectivity index (χ0) is 12.1. The lowest BCUT2D eigenvalue weighted by atomic mass is 10.1. The van der Waals surface area contributed by atoms with Crippen molar-refractivity contribution in [3.63, 3.8) is 0 Å². The first-order valence-corrected chi connectivity index (χ1v) is 5.70.